The van der Waals surface area contributed by atoms with E-state index in [4.69, 9.17) is 9.47 Å². The Labute approximate surface area is 297 Å². The fourth-order valence-corrected chi connectivity index (χ4v) is 6.18. The third-order valence-corrected chi connectivity index (χ3v) is 9.29. The third-order valence-electron chi connectivity index (χ3n) is 9.29. The summed E-state index contributed by atoms with van der Waals surface area (Å²) in [5, 5.41) is 0. The van der Waals surface area contributed by atoms with E-state index < -0.39 is 23.9 Å². The first-order chi connectivity index (χ1) is 23.2. The zero-order chi connectivity index (χ0) is 35.5. The Balaban J connectivity index is 3.48. The normalized spacial score (nSPS) is 11.4. The van der Waals surface area contributed by atoms with Crippen LogP contribution in [-0.4, -0.2) is 23.9 Å². The average Bonchev–Trinajstić information content (AvgIpc) is 3.03. The number of carbonyl (C=O) groups is 4. The second-order valence-electron chi connectivity index (χ2n) is 15.2. The van der Waals surface area contributed by atoms with E-state index in [-0.39, 0.29) is 25.7 Å². The Morgan fingerprint density at radius 1 is 0.292 bits per heavy atom. The van der Waals surface area contributed by atoms with Crippen LogP contribution in [0, 0.1) is 11.8 Å². The van der Waals surface area contributed by atoms with Gasteiger partial charge in [-0.3, -0.25) is 19.2 Å². The van der Waals surface area contributed by atoms with Crippen LogP contribution in [0.2, 0.25) is 0 Å². The molecule has 0 saturated heterocycles. The lowest BCUT2D eigenvalue weighted by Crippen LogP contribution is -2.13. The van der Waals surface area contributed by atoms with Gasteiger partial charge in [-0.1, -0.05) is 182 Å². The summed E-state index contributed by atoms with van der Waals surface area (Å²) in [6.07, 6.45) is 33.9. The van der Waals surface area contributed by atoms with Crippen molar-refractivity contribution in [2.45, 2.75) is 233 Å². The highest BCUT2D eigenvalue weighted by atomic mass is 16.6. The highest BCUT2D eigenvalue weighted by molar-refractivity contribution is 5.86. The minimum Gasteiger partial charge on any atom is -0.393 e. The first kappa shape index (κ1) is 46.3. The molecular weight excluding hydrogens is 600 g/mol. The van der Waals surface area contributed by atoms with E-state index in [1.54, 1.807) is 0 Å². The lowest BCUT2D eigenvalue weighted by molar-refractivity contribution is -0.162. The first-order valence-corrected chi connectivity index (χ1v) is 20.7. The molecule has 6 heteroatoms. The van der Waals surface area contributed by atoms with Gasteiger partial charge < -0.3 is 9.47 Å². The van der Waals surface area contributed by atoms with Crippen LogP contribution < -0.4 is 0 Å². The van der Waals surface area contributed by atoms with Crippen LogP contribution >= 0.6 is 0 Å². The van der Waals surface area contributed by atoms with E-state index in [0.717, 1.165) is 50.4 Å². The third kappa shape index (κ3) is 37.1. The van der Waals surface area contributed by atoms with Crippen LogP contribution in [0.1, 0.15) is 233 Å². The molecular formula is C42H78O6. The smallest absolute Gasteiger partial charge is 0.313 e. The van der Waals surface area contributed by atoms with Gasteiger partial charge in [-0.2, -0.15) is 0 Å². The topological polar surface area (TPSA) is 86.7 Å². The van der Waals surface area contributed by atoms with Crippen LogP contribution in [0.3, 0.4) is 0 Å². The van der Waals surface area contributed by atoms with Crippen molar-refractivity contribution in [1.82, 2.24) is 0 Å². The second kappa shape index (κ2) is 35.1. The van der Waals surface area contributed by atoms with Crippen molar-refractivity contribution in [3.05, 3.63) is 0 Å². The molecule has 0 saturated carbocycles. The minimum absolute atomic E-state index is 0.0867. The van der Waals surface area contributed by atoms with Crippen LogP contribution in [-0.2, 0) is 28.7 Å². The van der Waals surface area contributed by atoms with Gasteiger partial charge in [0.25, 0.3) is 0 Å². The van der Waals surface area contributed by atoms with Crippen molar-refractivity contribution in [1.29, 1.82) is 0 Å². The zero-order valence-electron chi connectivity index (χ0n) is 32.2. The molecule has 0 aromatic carbocycles. The number of ether oxygens (including phenoxy) is 2. The Bertz CT molecular complexity index is 710. The summed E-state index contributed by atoms with van der Waals surface area (Å²) >= 11 is 0. The Morgan fingerprint density at radius 3 is 0.667 bits per heavy atom. The van der Waals surface area contributed by atoms with Crippen LogP contribution in [0.25, 0.3) is 0 Å². The van der Waals surface area contributed by atoms with Gasteiger partial charge in [-0.05, 0) is 37.5 Å². The van der Waals surface area contributed by atoms with Crippen LogP contribution in [0.5, 0.6) is 0 Å². The molecule has 0 aliphatic carbocycles. The van der Waals surface area contributed by atoms with Crippen molar-refractivity contribution < 1.29 is 28.7 Å². The SMILES string of the molecule is CC(C)CCCCCCCCCCCCCCC(=O)OC(=O)CCCCC(=O)OC(=O)CCCCCCCCCCCCCCC(C)C. The Morgan fingerprint density at radius 2 is 0.458 bits per heavy atom. The number of hydrogen-bond donors (Lipinski definition) is 0. The van der Waals surface area contributed by atoms with Crippen molar-refractivity contribution >= 4 is 23.9 Å². The fraction of sp³-hybridized carbons (Fsp3) is 0.905. The summed E-state index contributed by atoms with van der Waals surface area (Å²) in [6, 6.07) is 0. The largest absolute Gasteiger partial charge is 0.393 e. The van der Waals surface area contributed by atoms with Gasteiger partial charge in [-0.25, -0.2) is 0 Å². The van der Waals surface area contributed by atoms with Gasteiger partial charge >= 0.3 is 23.9 Å². The lowest BCUT2D eigenvalue weighted by atomic mass is 10.0. The Hall–Kier alpha value is -1.72. The van der Waals surface area contributed by atoms with Crippen molar-refractivity contribution in [2.24, 2.45) is 11.8 Å². The van der Waals surface area contributed by atoms with E-state index >= 15 is 0 Å². The average molecular weight is 679 g/mol. The predicted octanol–water partition coefficient (Wildman–Crippen LogP) is 12.9. The van der Waals surface area contributed by atoms with Crippen molar-refractivity contribution in [3.8, 4) is 0 Å². The van der Waals surface area contributed by atoms with E-state index in [2.05, 4.69) is 27.7 Å². The first-order valence-electron chi connectivity index (χ1n) is 20.7. The minimum atomic E-state index is -0.545. The molecule has 0 aromatic rings. The van der Waals surface area contributed by atoms with E-state index in [9.17, 15) is 19.2 Å². The molecule has 6 nitrogen and oxygen atoms in total. The second-order valence-corrected chi connectivity index (χ2v) is 15.2. The number of hydrogen-bond acceptors (Lipinski definition) is 6. The summed E-state index contributed by atoms with van der Waals surface area (Å²) in [5.74, 6) is -0.351. The van der Waals surface area contributed by atoms with Crippen LogP contribution in [0.15, 0.2) is 0 Å². The maximum absolute atomic E-state index is 11.9. The standard InChI is InChI=1S/C42H78O6/c1-37(2)31-25-21-17-13-9-5-7-11-15-19-23-27-33-39(43)47-41(45)35-29-30-36-42(46)48-40(44)34-28-24-20-16-12-8-6-10-14-18-22-26-32-38(3)4/h37-38H,5-36H2,1-4H3. The summed E-state index contributed by atoms with van der Waals surface area (Å²) in [4.78, 5) is 47.8. The highest BCUT2D eigenvalue weighted by Crippen LogP contribution is 2.16. The molecule has 0 aliphatic heterocycles. The van der Waals surface area contributed by atoms with Gasteiger partial charge in [-0.15, -0.1) is 0 Å². The van der Waals surface area contributed by atoms with Gasteiger partial charge in [0.1, 0.15) is 0 Å². The molecule has 0 spiro atoms. The molecule has 0 amide bonds. The van der Waals surface area contributed by atoms with Gasteiger partial charge in [0.05, 0.1) is 0 Å². The van der Waals surface area contributed by atoms with Crippen molar-refractivity contribution in [3.63, 3.8) is 0 Å². The number of rotatable bonds is 35. The molecule has 0 fully saturated rings. The number of carbonyl (C=O) groups excluding carboxylic acids is 4. The molecule has 0 bridgehead atoms. The molecule has 0 unspecified atom stereocenters. The van der Waals surface area contributed by atoms with Crippen molar-refractivity contribution in [2.75, 3.05) is 0 Å². The van der Waals surface area contributed by atoms with E-state index in [1.165, 1.54) is 128 Å². The molecule has 0 rings (SSSR count). The zero-order valence-corrected chi connectivity index (χ0v) is 32.2. The highest BCUT2D eigenvalue weighted by Gasteiger charge is 2.13. The summed E-state index contributed by atoms with van der Waals surface area (Å²) in [7, 11) is 0. The van der Waals surface area contributed by atoms with Gasteiger partial charge in [0.2, 0.25) is 0 Å². The monoisotopic (exact) mass is 679 g/mol. The maximum atomic E-state index is 11.9. The fourth-order valence-electron chi connectivity index (χ4n) is 6.18. The molecule has 0 radical (unpaired) electrons. The van der Waals surface area contributed by atoms with Gasteiger partial charge in [0.15, 0.2) is 0 Å². The van der Waals surface area contributed by atoms with Crippen LogP contribution in [0.4, 0.5) is 0 Å². The summed E-state index contributed by atoms with van der Waals surface area (Å²) in [6.45, 7) is 9.19. The number of esters is 4. The van der Waals surface area contributed by atoms with E-state index in [0.29, 0.717) is 12.8 Å². The number of unbranched alkanes of at least 4 members (excludes halogenated alkanes) is 23. The maximum Gasteiger partial charge on any atom is 0.313 e. The Kier molecular flexibility index (Phi) is 33.9. The van der Waals surface area contributed by atoms with Gasteiger partial charge in [0, 0.05) is 25.7 Å². The summed E-state index contributed by atoms with van der Waals surface area (Å²) in [5.41, 5.74) is 0. The molecule has 0 atom stereocenters. The molecule has 0 aromatic heterocycles. The van der Waals surface area contributed by atoms with E-state index in [1.807, 2.05) is 0 Å². The molecule has 0 aliphatic rings. The quantitative estimate of drug-likeness (QED) is 0.0377. The molecule has 0 N–H and O–H groups in total. The summed E-state index contributed by atoms with van der Waals surface area (Å²) < 4.78 is 9.82. The molecule has 0 heterocycles. The molecule has 48 heavy (non-hydrogen) atoms. The molecule has 282 valence electrons. The lowest BCUT2D eigenvalue weighted by Gasteiger charge is -2.05. The predicted molar refractivity (Wildman–Crippen MR) is 200 cm³/mol.